The van der Waals surface area contributed by atoms with Crippen molar-refractivity contribution in [2.75, 3.05) is 0 Å². The summed E-state index contributed by atoms with van der Waals surface area (Å²) in [6.45, 7) is 14.0. The average Bonchev–Trinajstić information content (AvgIpc) is 3.43. The van der Waals surface area contributed by atoms with Crippen LogP contribution in [0.1, 0.15) is 61.1 Å². The number of aryl methyl sites for hydroxylation is 2. The van der Waals surface area contributed by atoms with Gasteiger partial charge in [-0.3, -0.25) is 0 Å². The smallest absolute Gasteiger partial charge is 0.0159 e. The van der Waals surface area contributed by atoms with Crippen LogP contribution in [0.4, 0.5) is 0 Å². The summed E-state index contributed by atoms with van der Waals surface area (Å²) in [6.07, 6.45) is 0. The molecule has 0 spiro atoms. The van der Waals surface area contributed by atoms with Crippen molar-refractivity contribution in [3.05, 3.63) is 155 Å². The van der Waals surface area contributed by atoms with Crippen molar-refractivity contribution in [1.29, 1.82) is 0 Å². The van der Waals surface area contributed by atoms with Crippen molar-refractivity contribution < 1.29 is 0 Å². The minimum atomic E-state index is -0.0468. The van der Waals surface area contributed by atoms with E-state index in [0.717, 1.165) is 0 Å². The number of hydrogen-bond acceptors (Lipinski definition) is 0. The van der Waals surface area contributed by atoms with Gasteiger partial charge in [0, 0.05) is 10.8 Å². The maximum Gasteiger partial charge on any atom is 0.0159 e. The summed E-state index contributed by atoms with van der Waals surface area (Å²) in [4.78, 5) is 0. The van der Waals surface area contributed by atoms with Gasteiger partial charge in [0.1, 0.15) is 0 Å². The van der Waals surface area contributed by atoms with E-state index < -0.39 is 0 Å². The van der Waals surface area contributed by atoms with E-state index in [1.165, 1.54) is 99.4 Å². The average molecular weight is 591 g/mol. The first-order valence-electron chi connectivity index (χ1n) is 16.6. The van der Waals surface area contributed by atoms with Crippen molar-refractivity contribution in [3.63, 3.8) is 0 Å². The van der Waals surface area contributed by atoms with Gasteiger partial charge < -0.3 is 0 Å². The fourth-order valence-corrected chi connectivity index (χ4v) is 8.78. The van der Waals surface area contributed by atoms with Crippen LogP contribution in [-0.4, -0.2) is 0 Å². The molecule has 0 aromatic heterocycles. The van der Waals surface area contributed by atoms with Gasteiger partial charge in [0.15, 0.2) is 0 Å². The van der Waals surface area contributed by atoms with E-state index in [1.807, 2.05) is 0 Å². The minimum Gasteiger partial charge on any atom is -0.0619 e. The Labute approximate surface area is 272 Å². The zero-order valence-electron chi connectivity index (χ0n) is 27.5. The van der Waals surface area contributed by atoms with Crippen LogP contribution in [0.5, 0.6) is 0 Å². The Morgan fingerprint density at radius 3 is 1.15 bits per heavy atom. The molecule has 0 bridgehead atoms. The summed E-state index contributed by atoms with van der Waals surface area (Å²) in [6, 6.07) is 46.3. The molecule has 9 rings (SSSR count). The van der Waals surface area contributed by atoms with Crippen LogP contribution < -0.4 is 0 Å². The lowest BCUT2D eigenvalue weighted by Crippen LogP contribution is -2.15. The standard InChI is InChI=1S/C46H38/c1-27-23-37-38(24-28(27)2)44(30-20-22-34-32-14-10-12-18-40(32)46(5,6)42(34)26-30)36-16-8-7-15-35(36)43(37)29-19-21-33-31-13-9-11-17-39(31)45(3,4)41(33)25-29/h7-26H,1-6H3. The van der Waals surface area contributed by atoms with E-state index in [9.17, 15) is 0 Å². The largest absolute Gasteiger partial charge is 0.0619 e. The molecule has 0 heterocycles. The van der Waals surface area contributed by atoms with Crippen molar-refractivity contribution >= 4 is 21.5 Å². The lowest BCUT2D eigenvalue weighted by atomic mass is 9.79. The maximum atomic E-state index is 2.49. The fourth-order valence-electron chi connectivity index (χ4n) is 8.78. The molecule has 0 atom stereocenters. The molecule has 0 heteroatoms. The van der Waals surface area contributed by atoms with Crippen LogP contribution >= 0.6 is 0 Å². The first-order valence-corrected chi connectivity index (χ1v) is 16.6. The van der Waals surface area contributed by atoms with Gasteiger partial charge in [-0.1, -0.05) is 137 Å². The van der Waals surface area contributed by atoms with Crippen molar-refractivity contribution in [3.8, 4) is 44.5 Å². The minimum absolute atomic E-state index is 0.0468. The van der Waals surface area contributed by atoms with Gasteiger partial charge >= 0.3 is 0 Å². The van der Waals surface area contributed by atoms with Crippen molar-refractivity contribution in [2.45, 2.75) is 52.4 Å². The SMILES string of the molecule is Cc1cc2c(-c3ccc4c(c3)C(C)(C)c3ccccc3-4)c3ccccc3c(-c3ccc4c(c3)C(C)(C)c3ccccc3-4)c2cc1C. The van der Waals surface area contributed by atoms with Crippen molar-refractivity contribution in [2.24, 2.45) is 0 Å². The van der Waals surface area contributed by atoms with E-state index in [4.69, 9.17) is 0 Å². The predicted molar refractivity (Wildman–Crippen MR) is 197 cm³/mol. The summed E-state index contributed by atoms with van der Waals surface area (Å²) in [5.74, 6) is 0. The molecule has 2 aliphatic carbocycles. The number of rotatable bonds is 2. The number of hydrogen-bond donors (Lipinski definition) is 0. The molecular weight excluding hydrogens is 553 g/mol. The molecule has 0 fully saturated rings. The van der Waals surface area contributed by atoms with Gasteiger partial charge in [0.25, 0.3) is 0 Å². The Bertz CT molecular complexity index is 2260. The number of fused-ring (bicyclic) bond motifs is 8. The second kappa shape index (κ2) is 9.30. The third-order valence-corrected chi connectivity index (χ3v) is 11.4. The first-order chi connectivity index (χ1) is 22.2. The molecule has 222 valence electrons. The molecule has 7 aromatic carbocycles. The summed E-state index contributed by atoms with van der Waals surface area (Å²) >= 11 is 0. The highest BCUT2D eigenvalue weighted by molar-refractivity contribution is 6.22. The molecule has 0 saturated carbocycles. The summed E-state index contributed by atoms with van der Waals surface area (Å²) in [5.41, 5.74) is 18.9. The Balaban J connectivity index is 1.34. The van der Waals surface area contributed by atoms with Crippen LogP contribution in [0, 0.1) is 13.8 Å². The molecule has 0 amide bonds. The van der Waals surface area contributed by atoms with Crippen LogP contribution in [0.3, 0.4) is 0 Å². The highest BCUT2D eigenvalue weighted by atomic mass is 14.4. The van der Waals surface area contributed by atoms with E-state index >= 15 is 0 Å². The van der Waals surface area contributed by atoms with E-state index in [-0.39, 0.29) is 10.8 Å². The molecular formula is C46H38. The van der Waals surface area contributed by atoms with Gasteiger partial charge in [-0.25, -0.2) is 0 Å². The number of benzene rings is 7. The maximum absolute atomic E-state index is 2.49. The topological polar surface area (TPSA) is 0 Å². The quantitative estimate of drug-likeness (QED) is 0.176. The first kappa shape index (κ1) is 27.4. The van der Waals surface area contributed by atoms with E-state index in [2.05, 4.69) is 163 Å². The molecule has 46 heavy (non-hydrogen) atoms. The molecule has 0 N–H and O–H groups in total. The Morgan fingerprint density at radius 2 is 0.717 bits per heavy atom. The van der Waals surface area contributed by atoms with Crippen LogP contribution in [0.2, 0.25) is 0 Å². The van der Waals surface area contributed by atoms with Gasteiger partial charge in [-0.2, -0.15) is 0 Å². The Hall–Kier alpha value is -4.94. The van der Waals surface area contributed by atoms with E-state index in [1.54, 1.807) is 0 Å². The molecule has 2 aliphatic rings. The Kier molecular flexibility index (Phi) is 5.54. The van der Waals surface area contributed by atoms with Gasteiger partial charge in [0.05, 0.1) is 0 Å². The summed E-state index contributed by atoms with van der Waals surface area (Å²) in [5, 5.41) is 5.27. The molecule has 0 nitrogen and oxygen atoms in total. The lowest BCUT2D eigenvalue weighted by Gasteiger charge is -2.24. The molecule has 0 radical (unpaired) electrons. The third kappa shape index (κ3) is 3.56. The summed E-state index contributed by atoms with van der Waals surface area (Å²) in [7, 11) is 0. The predicted octanol–water partition coefficient (Wildman–Crippen LogP) is 12.6. The highest BCUT2D eigenvalue weighted by Gasteiger charge is 2.37. The summed E-state index contributed by atoms with van der Waals surface area (Å²) < 4.78 is 0. The van der Waals surface area contributed by atoms with Crippen LogP contribution in [-0.2, 0) is 10.8 Å². The normalized spacial score (nSPS) is 15.1. The monoisotopic (exact) mass is 590 g/mol. The van der Waals surface area contributed by atoms with Gasteiger partial charge in [-0.15, -0.1) is 0 Å². The second-order valence-corrected chi connectivity index (χ2v) is 14.6. The third-order valence-electron chi connectivity index (χ3n) is 11.4. The molecule has 0 unspecified atom stereocenters. The van der Waals surface area contributed by atoms with Crippen molar-refractivity contribution in [1.82, 2.24) is 0 Å². The zero-order valence-corrected chi connectivity index (χ0v) is 27.5. The lowest BCUT2D eigenvalue weighted by molar-refractivity contribution is 0.660. The van der Waals surface area contributed by atoms with Crippen LogP contribution in [0.25, 0.3) is 66.1 Å². The molecule has 7 aromatic rings. The van der Waals surface area contributed by atoms with Crippen LogP contribution in [0.15, 0.2) is 121 Å². The molecule has 0 aliphatic heterocycles. The Morgan fingerprint density at radius 1 is 0.348 bits per heavy atom. The molecule has 0 saturated heterocycles. The fraction of sp³-hybridized carbons (Fsp3) is 0.174. The highest BCUT2D eigenvalue weighted by Crippen LogP contribution is 2.53. The zero-order chi connectivity index (χ0) is 31.5. The van der Waals surface area contributed by atoms with E-state index in [0.29, 0.717) is 0 Å². The van der Waals surface area contributed by atoms with Gasteiger partial charge in [-0.05, 0) is 125 Å². The van der Waals surface area contributed by atoms with Gasteiger partial charge in [0.2, 0.25) is 0 Å². The second-order valence-electron chi connectivity index (χ2n) is 14.6.